The summed E-state index contributed by atoms with van der Waals surface area (Å²) in [6.45, 7) is 5.32. The zero-order valence-electron chi connectivity index (χ0n) is 20.0. The number of methoxy groups -OCH3 is 2. The van der Waals surface area contributed by atoms with Gasteiger partial charge in [-0.15, -0.1) is 0 Å². The Hall–Kier alpha value is -3.36. The highest BCUT2D eigenvalue weighted by atomic mass is 35.5. The van der Waals surface area contributed by atoms with E-state index in [1.807, 2.05) is 6.07 Å². The van der Waals surface area contributed by atoms with Crippen molar-refractivity contribution in [3.8, 4) is 11.5 Å². The number of rotatable bonds is 6. The largest absolute Gasteiger partial charge is 0.493 e. The van der Waals surface area contributed by atoms with Crippen molar-refractivity contribution in [2.45, 2.75) is 32.9 Å². The first-order chi connectivity index (χ1) is 16.7. The number of carbonyl (C=O) groups is 1. The molecule has 1 aliphatic heterocycles. The molecule has 2 aromatic carbocycles. The molecule has 1 aliphatic rings. The fourth-order valence-corrected chi connectivity index (χ4v) is 5.09. The van der Waals surface area contributed by atoms with Gasteiger partial charge in [-0.2, -0.15) is 0 Å². The lowest BCUT2D eigenvalue weighted by molar-refractivity contribution is -0.143. The Labute approximate surface area is 211 Å². The summed E-state index contributed by atoms with van der Waals surface area (Å²) in [5, 5.41) is 0.557. The van der Waals surface area contributed by atoms with E-state index in [0.717, 1.165) is 11.1 Å². The van der Waals surface area contributed by atoms with Crippen molar-refractivity contribution in [1.82, 2.24) is 4.57 Å². The third-order valence-corrected chi connectivity index (χ3v) is 6.71. The van der Waals surface area contributed by atoms with E-state index >= 15 is 0 Å². The van der Waals surface area contributed by atoms with Crippen LogP contribution in [0, 0.1) is 0 Å². The van der Waals surface area contributed by atoms with Crippen molar-refractivity contribution >= 4 is 35.0 Å². The zero-order valence-corrected chi connectivity index (χ0v) is 21.6. The SMILES string of the molecule is COc1ccc(/C=c2\sc3n(c2=O)[C@H](c2ccc(Cl)cc2)C(C(=O)OC(C)C)=C(C)N=3)cc1OC. The van der Waals surface area contributed by atoms with Gasteiger partial charge in [-0.1, -0.05) is 41.1 Å². The molecule has 0 radical (unpaired) electrons. The topological polar surface area (TPSA) is 79.1 Å². The van der Waals surface area contributed by atoms with Crippen LogP contribution in [-0.2, 0) is 9.53 Å². The van der Waals surface area contributed by atoms with Crippen LogP contribution in [0.25, 0.3) is 6.08 Å². The fraction of sp³-hybridized carbons (Fsp3) is 0.269. The summed E-state index contributed by atoms with van der Waals surface area (Å²) in [6, 6.07) is 11.8. The van der Waals surface area contributed by atoms with Crippen LogP contribution in [-0.4, -0.2) is 30.9 Å². The lowest BCUT2D eigenvalue weighted by atomic mass is 9.96. The highest BCUT2D eigenvalue weighted by molar-refractivity contribution is 7.07. The van der Waals surface area contributed by atoms with E-state index in [0.29, 0.717) is 37.1 Å². The lowest BCUT2D eigenvalue weighted by Gasteiger charge is -2.25. The maximum atomic E-state index is 13.7. The van der Waals surface area contributed by atoms with Crippen molar-refractivity contribution in [2.24, 2.45) is 4.99 Å². The van der Waals surface area contributed by atoms with Gasteiger partial charge >= 0.3 is 5.97 Å². The number of nitrogens with zero attached hydrogens (tertiary/aromatic N) is 2. The predicted molar refractivity (Wildman–Crippen MR) is 136 cm³/mol. The first kappa shape index (κ1) is 24.8. The third-order valence-electron chi connectivity index (χ3n) is 5.48. The van der Waals surface area contributed by atoms with E-state index in [9.17, 15) is 9.59 Å². The molecule has 9 heteroatoms. The number of fused-ring (bicyclic) bond motifs is 1. The Kier molecular flexibility index (Phi) is 7.14. The van der Waals surface area contributed by atoms with Gasteiger partial charge in [0.1, 0.15) is 0 Å². The number of carbonyl (C=O) groups excluding carboxylic acids is 1. The number of benzene rings is 2. The molecule has 3 aromatic rings. The predicted octanol–water partition coefficient (Wildman–Crippen LogP) is 3.86. The van der Waals surface area contributed by atoms with Gasteiger partial charge in [-0.3, -0.25) is 9.36 Å². The van der Waals surface area contributed by atoms with Crippen LogP contribution in [0.1, 0.15) is 37.9 Å². The normalized spacial score (nSPS) is 15.6. The average molecular weight is 513 g/mol. The number of ether oxygens (including phenoxy) is 3. The smallest absolute Gasteiger partial charge is 0.338 e. The molecule has 1 aromatic heterocycles. The number of hydrogen-bond donors (Lipinski definition) is 0. The van der Waals surface area contributed by atoms with Crippen LogP contribution in [0.15, 0.2) is 63.5 Å². The highest BCUT2D eigenvalue weighted by Crippen LogP contribution is 2.32. The van der Waals surface area contributed by atoms with Crippen molar-refractivity contribution in [2.75, 3.05) is 14.2 Å². The molecule has 182 valence electrons. The second-order valence-electron chi connectivity index (χ2n) is 8.20. The van der Waals surface area contributed by atoms with Crippen molar-refractivity contribution < 1.29 is 19.0 Å². The summed E-state index contributed by atoms with van der Waals surface area (Å²) in [4.78, 5) is 31.9. The number of allylic oxidation sites excluding steroid dienone is 1. The van der Waals surface area contributed by atoms with E-state index in [1.54, 1.807) is 82.0 Å². The van der Waals surface area contributed by atoms with Crippen molar-refractivity contribution in [3.05, 3.63) is 89.6 Å². The van der Waals surface area contributed by atoms with Gasteiger partial charge in [0, 0.05) is 5.02 Å². The van der Waals surface area contributed by atoms with E-state index < -0.39 is 12.0 Å². The Morgan fingerprint density at radius 2 is 1.80 bits per heavy atom. The molecule has 4 rings (SSSR count). The maximum absolute atomic E-state index is 13.7. The molecular formula is C26H25ClN2O5S. The Balaban J connectivity index is 1.92. The summed E-state index contributed by atoms with van der Waals surface area (Å²) < 4.78 is 18.2. The summed E-state index contributed by atoms with van der Waals surface area (Å²) in [5.74, 6) is 0.649. The average Bonchev–Trinajstić information content (AvgIpc) is 3.12. The minimum atomic E-state index is -0.692. The van der Waals surface area contributed by atoms with Gasteiger partial charge in [-0.25, -0.2) is 9.79 Å². The molecule has 0 fully saturated rings. The second kappa shape index (κ2) is 10.1. The Morgan fingerprint density at radius 1 is 1.11 bits per heavy atom. The second-order valence-corrected chi connectivity index (χ2v) is 9.65. The summed E-state index contributed by atoms with van der Waals surface area (Å²) in [6.07, 6.45) is 1.46. The maximum Gasteiger partial charge on any atom is 0.338 e. The van der Waals surface area contributed by atoms with Gasteiger partial charge in [0.15, 0.2) is 16.3 Å². The number of esters is 1. The fourth-order valence-electron chi connectivity index (χ4n) is 3.91. The van der Waals surface area contributed by atoms with E-state index in [2.05, 4.69) is 4.99 Å². The molecule has 7 nitrogen and oxygen atoms in total. The van der Waals surface area contributed by atoms with E-state index in [-0.39, 0.29) is 11.7 Å². The molecular weight excluding hydrogens is 488 g/mol. The number of aromatic nitrogens is 1. The first-order valence-corrected chi connectivity index (χ1v) is 12.1. The summed E-state index contributed by atoms with van der Waals surface area (Å²) in [7, 11) is 3.12. The molecule has 0 saturated carbocycles. The molecule has 0 amide bonds. The van der Waals surface area contributed by atoms with Crippen LogP contribution in [0.4, 0.5) is 0 Å². The third kappa shape index (κ3) is 4.90. The molecule has 0 saturated heterocycles. The van der Waals surface area contributed by atoms with Crippen LogP contribution >= 0.6 is 22.9 Å². The molecule has 0 spiro atoms. The number of hydrogen-bond acceptors (Lipinski definition) is 7. The Morgan fingerprint density at radius 3 is 2.43 bits per heavy atom. The van der Waals surface area contributed by atoms with Crippen molar-refractivity contribution in [3.63, 3.8) is 0 Å². The number of thiazole rings is 1. The summed E-state index contributed by atoms with van der Waals surface area (Å²) >= 11 is 7.36. The molecule has 0 N–H and O–H groups in total. The molecule has 2 heterocycles. The lowest BCUT2D eigenvalue weighted by Crippen LogP contribution is -2.40. The molecule has 1 atom stereocenters. The van der Waals surface area contributed by atoms with Gasteiger partial charge in [0.2, 0.25) is 0 Å². The standard InChI is InChI=1S/C26H25ClN2O5S/c1-14(2)34-25(31)22-15(3)28-26-29(23(22)17-7-9-18(27)10-8-17)24(30)21(35-26)13-16-6-11-19(32-4)20(12-16)33-5/h6-14,23H,1-5H3/b21-13-/t23-/m1/s1. The quantitative estimate of drug-likeness (QED) is 0.469. The van der Waals surface area contributed by atoms with Crippen LogP contribution in [0.5, 0.6) is 11.5 Å². The van der Waals surface area contributed by atoms with Crippen LogP contribution in [0.3, 0.4) is 0 Å². The Bertz CT molecular complexity index is 1490. The molecule has 0 unspecified atom stereocenters. The first-order valence-electron chi connectivity index (χ1n) is 10.9. The van der Waals surface area contributed by atoms with Gasteiger partial charge in [0.05, 0.1) is 42.2 Å². The zero-order chi connectivity index (χ0) is 25.3. The minimum Gasteiger partial charge on any atom is -0.493 e. The van der Waals surface area contributed by atoms with Gasteiger partial charge < -0.3 is 14.2 Å². The summed E-state index contributed by atoms with van der Waals surface area (Å²) in [5.41, 5.74) is 2.08. The van der Waals surface area contributed by atoms with Gasteiger partial charge in [-0.05, 0) is 62.2 Å². The molecule has 0 aliphatic carbocycles. The highest BCUT2D eigenvalue weighted by Gasteiger charge is 2.33. The minimum absolute atomic E-state index is 0.258. The van der Waals surface area contributed by atoms with Crippen LogP contribution < -0.4 is 24.4 Å². The van der Waals surface area contributed by atoms with Gasteiger partial charge in [0.25, 0.3) is 5.56 Å². The number of halogens is 1. The van der Waals surface area contributed by atoms with E-state index in [1.165, 1.54) is 11.3 Å². The van der Waals surface area contributed by atoms with Crippen molar-refractivity contribution in [1.29, 1.82) is 0 Å². The molecule has 0 bridgehead atoms. The van der Waals surface area contributed by atoms with E-state index in [4.69, 9.17) is 25.8 Å². The monoisotopic (exact) mass is 512 g/mol. The van der Waals surface area contributed by atoms with Crippen LogP contribution in [0.2, 0.25) is 5.02 Å². The molecule has 35 heavy (non-hydrogen) atoms.